The van der Waals surface area contributed by atoms with Crippen molar-refractivity contribution in [1.29, 1.82) is 0 Å². The van der Waals surface area contributed by atoms with E-state index < -0.39 is 7.60 Å². The van der Waals surface area contributed by atoms with Gasteiger partial charge in [-0.15, -0.1) is 18.3 Å². The molecular weight excluding hydrogens is 279 g/mol. The summed E-state index contributed by atoms with van der Waals surface area (Å²) in [4.78, 5) is 0.849. The minimum absolute atomic E-state index is 0.214. The van der Waals surface area contributed by atoms with Crippen LogP contribution in [0.15, 0.2) is 60.0 Å². The highest BCUT2D eigenvalue weighted by atomic mass is 32.2. The SMILES string of the molecule is C=CCOP1(=O)OCC=CCC1Sc1ccccc1. The lowest BCUT2D eigenvalue weighted by atomic mass is 10.4. The highest BCUT2D eigenvalue weighted by Gasteiger charge is 2.36. The van der Waals surface area contributed by atoms with Gasteiger partial charge in [0.25, 0.3) is 0 Å². The third kappa shape index (κ3) is 4.08. The Hall–Kier alpha value is -0.800. The van der Waals surface area contributed by atoms with E-state index in [1.807, 2.05) is 42.5 Å². The summed E-state index contributed by atoms with van der Waals surface area (Å²) in [5.74, 6) is 0. The average Bonchev–Trinajstić information content (AvgIpc) is 2.61. The summed E-state index contributed by atoms with van der Waals surface area (Å²) in [5, 5.41) is 0. The van der Waals surface area contributed by atoms with Gasteiger partial charge in [-0.1, -0.05) is 36.4 Å². The van der Waals surface area contributed by atoms with Crippen LogP contribution in [0.5, 0.6) is 0 Å². The fourth-order valence-electron chi connectivity index (χ4n) is 1.69. The molecule has 3 nitrogen and oxygen atoms in total. The maximum absolute atomic E-state index is 12.8. The number of hydrogen-bond acceptors (Lipinski definition) is 4. The first-order valence-electron chi connectivity index (χ1n) is 6.11. The van der Waals surface area contributed by atoms with E-state index in [4.69, 9.17) is 9.05 Å². The molecule has 0 saturated carbocycles. The molecule has 1 heterocycles. The summed E-state index contributed by atoms with van der Waals surface area (Å²) in [6, 6.07) is 9.88. The second-order valence-corrected chi connectivity index (χ2v) is 7.86. The van der Waals surface area contributed by atoms with E-state index in [0.717, 1.165) is 4.90 Å². The van der Waals surface area contributed by atoms with Crippen molar-refractivity contribution in [2.75, 3.05) is 13.2 Å². The Bertz CT molecular complexity index is 487. The molecule has 0 amide bonds. The maximum Gasteiger partial charge on any atom is 0.344 e. The molecule has 1 aromatic rings. The first kappa shape index (κ1) is 14.6. The second-order valence-electron chi connectivity index (χ2n) is 4.01. The van der Waals surface area contributed by atoms with Crippen LogP contribution in [0.25, 0.3) is 0 Å². The van der Waals surface area contributed by atoms with E-state index in [0.29, 0.717) is 13.0 Å². The molecule has 2 atom stereocenters. The topological polar surface area (TPSA) is 35.5 Å². The molecule has 1 aliphatic rings. The predicted octanol–water partition coefficient (Wildman–Crippen LogP) is 4.48. The molecule has 19 heavy (non-hydrogen) atoms. The van der Waals surface area contributed by atoms with Gasteiger partial charge >= 0.3 is 7.60 Å². The van der Waals surface area contributed by atoms with Gasteiger partial charge in [-0.25, -0.2) is 0 Å². The average molecular weight is 296 g/mol. The van der Waals surface area contributed by atoms with Crippen molar-refractivity contribution in [2.24, 2.45) is 0 Å². The first-order valence-corrected chi connectivity index (χ1v) is 8.60. The smallest absolute Gasteiger partial charge is 0.304 e. The van der Waals surface area contributed by atoms with Gasteiger partial charge in [-0.3, -0.25) is 4.57 Å². The minimum atomic E-state index is -3.12. The van der Waals surface area contributed by atoms with E-state index in [1.165, 1.54) is 11.8 Å². The van der Waals surface area contributed by atoms with Crippen molar-refractivity contribution in [1.82, 2.24) is 0 Å². The summed E-state index contributed by atoms with van der Waals surface area (Å²) in [6.07, 6.45) is 6.15. The fourth-order valence-corrected chi connectivity index (χ4v) is 5.16. The molecule has 0 aliphatic carbocycles. The molecule has 0 N–H and O–H groups in total. The minimum Gasteiger partial charge on any atom is -0.304 e. The highest BCUT2D eigenvalue weighted by Crippen LogP contribution is 2.60. The largest absolute Gasteiger partial charge is 0.344 e. The lowest BCUT2D eigenvalue weighted by Gasteiger charge is -2.23. The Morgan fingerprint density at radius 2 is 2.21 bits per heavy atom. The normalized spacial score (nSPS) is 26.8. The summed E-state index contributed by atoms with van der Waals surface area (Å²) >= 11 is 1.54. The molecular formula is C14H17O3PS. The third-order valence-corrected chi connectivity index (χ3v) is 6.63. The third-order valence-electron chi connectivity index (χ3n) is 2.60. The molecule has 0 bridgehead atoms. The van der Waals surface area contributed by atoms with E-state index in [-0.39, 0.29) is 11.6 Å². The van der Waals surface area contributed by atoms with Crippen LogP contribution in [0, 0.1) is 0 Å². The van der Waals surface area contributed by atoms with Crippen LogP contribution in [-0.4, -0.2) is 18.2 Å². The van der Waals surface area contributed by atoms with Gasteiger partial charge in [0.05, 0.1) is 13.2 Å². The van der Waals surface area contributed by atoms with Crippen molar-refractivity contribution in [3.05, 3.63) is 55.1 Å². The molecule has 2 rings (SSSR count). The number of allylic oxidation sites excluding steroid dienone is 1. The zero-order valence-corrected chi connectivity index (χ0v) is 12.3. The van der Waals surface area contributed by atoms with Gasteiger partial charge in [0.15, 0.2) is 0 Å². The monoisotopic (exact) mass is 296 g/mol. The van der Waals surface area contributed by atoms with Crippen LogP contribution >= 0.6 is 19.4 Å². The Labute approximate surface area is 118 Å². The number of benzene rings is 1. The molecule has 0 saturated heterocycles. The summed E-state index contributed by atoms with van der Waals surface area (Å²) in [5.41, 5.74) is 0. The van der Waals surface area contributed by atoms with Gasteiger partial charge in [0.2, 0.25) is 0 Å². The van der Waals surface area contributed by atoms with Crippen molar-refractivity contribution >= 4 is 19.4 Å². The van der Waals surface area contributed by atoms with Gasteiger partial charge in [0.1, 0.15) is 4.99 Å². The van der Waals surface area contributed by atoms with Gasteiger partial charge in [-0.05, 0) is 18.6 Å². The van der Waals surface area contributed by atoms with Crippen LogP contribution in [0.3, 0.4) is 0 Å². The van der Waals surface area contributed by atoms with Crippen LogP contribution in [0.1, 0.15) is 6.42 Å². The van der Waals surface area contributed by atoms with Crippen molar-refractivity contribution in [2.45, 2.75) is 16.3 Å². The number of rotatable bonds is 5. The summed E-state index contributed by atoms with van der Waals surface area (Å²) in [7, 11) is -3.12. The predicted molar refractivity (Wildman–Crippen MR) is 79.6 cm³/mol. The Balaban J connectivity index is 2.15. The molecule has 0 radical (unpaired) electrons. The van der Waals surface area contributed by atoms with Crippen LogP contribution in [-0.2, 0) is 13.6 Å². The van der Waals surface area contributed by atoms with Crippen molar-refractivity contribution < 1.29 is 13.6 Å². The Morgan fingerprint density at radius 1 is 1.42 bits per heavy atom. The quantitative estimate of drug-likeness (QED) is 0.593. The molecule has 1 aliphatic heterocycles. The van der Waals surface area contributed by atoms with E-state index in [2.05, 4.69) is 6.58 Å². The molecule has 102 valence electrons. The van der Waals surface area contributed by atoms with Gasteiger partial charge < -0.3 is 9.05 Å². The van der Waals surface area contributed by atoms with Crippen LogP contribution in [0.4, 0.5) is 0 Å². The van der Waals surface area contributed by atoms with Crippen LogP contribution < -0.4 is 0 Å². The van der Waals surface area contributed by atoms with Crippen molar-refractivity contribution in [3.63, 3.8) is 0 Å². The van der Waals surface area contributed by atoms with E-state index >= 15 is 0 Å². The zero-order chi connectivity index (χ0) is 13.6. The van der Waals surface area contributed by atoms with E-state index in [1.54, 1.807) is 6.08 Å². The molecule has 0 fully saturated rings. The fraction of sp³-hybridized carbons (Fsp3) is 0.286. The Morgan fingerprint density at radius 3 is 2.95 bits per heavy atom. The number of hydrogen-bond donors (Lipinski definition) is 0. The first-order chi connectivity index (χ1) is 9.24. The van der Waals surface area contributed by atoms with Crippen LogP contribution in [0.2, 0.25) is 0 Å². The lowest BCUT2D eigenvalue weighted by molar-refractivity contribution is 0.237. The zero-order valence-electron chi connectivity index (χ0n) is 10.6. The standard InChI is InChI=1S/C14H17O3PS/c1-2-11-16-18(15)14(10-6-7-12-17-18)19-13-8-4-3-5-9-13/h2-9,14H,1,10-12H2. The molecule has 2 unspecified atom stereocenters. The van der Waals surface area contributed by atoms with Gasteiger partial charge in [-0.2, -0.15) is 0 Å². The highest BCUT2D eigenvalue weighted by molar-refractivity contribution is 8.05. The molecule has 0 spiro atoms. The molecule has 1 aromatic carbocycles. The maximum atomic E-state index is 12.8. The lowest BCUT2D eigenvalue weighted by Crippen LogP contribution is -2.08. The summed E-state index contributed by atoms with van der Waals surface area (Å²) < 4.78 is 23.7. The Kier molecular flexibility index (Phi) is 5.46. The second kappa shape index (κ2) is 7.11. The number of thioether (sulfide) groups is 1. The van der Waals surface area contributed by atoms with Gasteiger partial charge in [0, 0.05) is 4.90 Å². The summed E-state index contributed by atoms with van der Waals surface area (Å²) in [6.45, 7) is 4.16. The molecule has 0 aromatic heterocycles. The van der Waals surface area contributed by atoms with E-state index in [9.17, 15) is 4.57 Å². The van der Waals surface area contributed by atoms with Crippen molar-refractivity contribution in [3.8, 4) is 0 Å². The molecule has 5 heteroatoms.